The standard InChI is InChI=1S/C8H8N2O3S/c1-14(11,12)10-5-4-9-8(10)7-3-2-6-13-7/h2-6H,1H3. The molecule has 6 heteroatoms. The summed E-state index contributed by atoms with van der Waals surface area (Å²) in [5.41, 5.74) is 0. The van der Waals surface area contributed by atoms with Crippen LogP contribution in [0.25, 0.3) is 11.6 Å². The van der Waals surface area contributed by atoms with E-state index < -0.39 is 10.0 Å². The van der Waals surface area contributed by atoms with Gasteiger partial charge in [0, 0.05) is 12.4 Å². The lowest BCUT2D eigenvalue weighted by Crippen LogP contribution is -2.10. The van der Waals surface area contributed by atoms with E-state index in [0.717, 1.165) is 10.2 Å². The van der Waals surface area contributed by atoms with Gasteiger partial charge in [-0.3, -0.25) is 0 Å². The maximum absolute atomic E-state index is 11.3. The fourth-order valence-corrected chi connectivity index (χ4v) is 1.86. The van der Waals surface area contributed by atoms with Crippen molar-refractivity contribution in [1.82, 2.24) is 8.96 Å². The molecule has 2 heterocycles. The van der Waals surface area contributed by atoms with Crippen molar-refractivity contribution >= 4 is 10.0 Å². The fraction of sp³-hybridized carbons (Fsp3) is 0.125. The first-order chi connectivity index (χ1) is 6.59. The van der Waals surface area contributed by atoms with Gasteiger partial charge in [-0.05, 0) is 12.1 Å². The van der Waals surface area contributed by atoms with Crippen molar-refractivity contribution in [2.75, 3.05) is 6.26 Å². The minimum absolute atomic E-state index is 0.289. The van der Waals surface area contributed by atoms with Crippen molar-refractivity contribution in [3.05, 3.63) is 30.8 Å². The third-order valence-corrected chi connectivity index (χ3v) is 2.72. The summed E-state index contributed by atoms with van der Waals surface area (Å²) in [6, 6.07) is 3.33. The molecule has 2 rings (SSSR count). The highest BCUT2D eigenvalue weighted by Gasteiger charge is 2.14. The largest absolute Gasteiger partial charge is 0.461 e. The number of furan rings is 1. The van der Waals surface area contributed by atoms with Crippen molar-refractivity contribution in [2.45, 2.75) is 0 Å². The molecule has 0 aliphatic rings. The monoisotopic (exact) mass is 212 g/mol. The summed E-state index contributed by atoms with van der Waals surface area (Å²) in [4.78, 5) is 3.92. The number of imidazole rings is 1. The number of aromatic nitrogens is 2. The fourth-order valence-electron chi connectivity index (χ4n) is 1.14. The van der Waals surface area contributed by atoms with E-state index in [1.807, 2.05) is 0 Å². The van der Waals surface area contributed by atoms with E-state index in [2.05, 4.69) is 4.98 Å². The van der Waals surface area contributed by atoms with Crippen molar-refractivity contribution in [1.29, 1.82) is 0 Å². The Labute approximate surface area is 81.0 Å². The Morgan fingerprint density at radius 3 is 2.86 bits per heavy atom. The number of hydrogen-bond acceptors (Lipinski definition) is 4. The molecule has 0 unspecified atom stereocenters. The SMILES string of the molecule is CS(=O)(=O)n1ccnc1-c1ccco1. The van der Waals surface area contributed by atoms with Crippen LogP contribution in [0.4, 0.5) is 0 Å². The van der Waals surface area contributed by atoms with E-state index >= 15 is 0 Å². The first-order valence-corrected chi connectivity index (χ1v) is 5.71. The summed E-state index contributed by atoms with van der Waals surface area (Å²) < 4.78 is 28.7. The van der Waals surface area contributed by atoms with Gasteiger partial charge in [0.1, 0.15) is 0 Å². The van der Waals surface area contributed by atoms with Gasteiger partial charge < -0.3 is 4.42 Å². The van der Waals surface area contributed by atoms with Gasteiger partial charge in [0.15, 0.2) is 11.6 Å². The maximum Gasteiger partial charge on any atom is 0.237 e. The molecule has 0 N–H and O–H groups in total. The molecule has 0 aromatic carbocycles. The topological polar surface area (TPSA) is 65.1 Å². The van der Waals surface area contributed by atoms with Crippen LogP contribution in [0.15, 0.2) is 35.2 Å². The lowest BCUT2D eigenvalue weighted by Gasteiger charge is -2.01. The second-order valence-corrected chi connectivity index (χ2v) is 4.65. The zero-order chi connectivity index (χ0) is 10.2. The first-order valence-electron chi connectivity index (χ1n) is 3.87. The summed E-state index contributed by atoms with van der Waals surface area (Å²) in [6.45, 7) is 0. The molecule has 74 valence electrons. The van der Waals surface area contributed by atoms with Gasteiger partial charge in [-0.15, -0.1) is 0 Å². The van der Waals surface area contributed by atoms with Gasteiger partial charge in [-0.25, -0.2) is 17.4 Å². The third kappa shape index (κ3) is 1.44. The predicted octanol–water partition coefficient (Wildman–Crippen LogP) is 0.951. The van der Waals surface area contributed by atoms with Crippen LogP contribution >= 0.6 is 0 Å². The van der Waals surface area contributed by atoms with E-state index in [9.17, 15) is 8.42 Å². The first kappa shape index (κ1) is 9.01. The van der Waals surface area contributed by atoms with E-state index in [0.29, 0.717) is 5.76 Å². The van der Waals surface area contributed by atoms with Crippen LogP contribution in [0.5, 0.6) is 0 Å². The molecular weight excluding hydrogens is 204 g/mol. The lowest BCUT2D eigenvalue weighted by molar-refractivity contribution is 0.571. The highest BCUT2D eigenvalue weighted by Crippen LogP contribution is 2.18. The average molecular weight is 212 g/mol. The lowest BCUT2D eigenvalue weighted by atomic mass is 10.4. The molecule has 0 aliphatic heterocycles. The Morgan fingerprint density at radius 1 is 1.50 bits per heavy atom. The quantitative estimate of drug-likeness (QED) is 0.743. The Balaban J connectivity index is 2.62. The van der Waals surface area contributed by atoms with Gasteiger partial charge >= 0.3 is 0 Å². The van der Waals surface area contributed by atoms with Crippen molar-refractivity contribution in [2.24, 2.45) is 0 Å². The molecule has 0 aliphatic carbocycles. The van der Waals surface area contributed by atoms with Gasteiger partial charge in [0.25, 0.3) is 0 Å². The normalized spacial score (nSPS) is 11.8. The van der Waals surface area contributed by atoms with Crippen LogP contribution in [0.3, 0.4) is 0 Å². The van der Waals surface area contributed by atoms with E-state index in [-0.39, 0.29) is 5.82 Å². The van der Waals surface area contributed by atoms with E-state index in [1.54, 1.807) is 12.1 Å². The summed E-state index contributed by atoms with van der Waals surface area (Å²) in [5, 5.41) is 0. The molecule has 0 saturated heterocycles. The van der Waals surface area contributed by atoms with Crippen molar-refractivity contribution in [3.8, 4) is 11.6 Å². The molecule has 0 atom stereocenters. The van der Waals surface area contributed by atoms with Crippen LogP contribution in [-0.4, -0.2) is 23.6 Å². The Kier molecular flexibility index (Phi) is 1.92. The molecular formula is C8H8N2O3S. The van der Waals surface area contributed by atoms with Crippen LogP contribution in [0.2, 0.25) is 0 Å². The summed E-state index contributed by atoms with van der Waals surface area (Å²) in [5.74, 6) is 0.720. The average Bonchev–Trinajstić information content (AvgIpc) is 2.73. The Morgan fingerprint density at radius 2 is 2.29 bits per heavy atom. The molecule has 5 nitrogen and oxygen atoms in total. The second-order valence-electron chi connectivity index (χ2n) is 2.79. The molecule has 0 amide bonds. The molecule has 0 saturated carbocycles. The van der Waals surface area contributed by atoms with Gasteiger partial charge in [-0.1, -0.05) is 0 Å². The molecule has 2 aromatic rings. The van der Waals surface area contributed by atoms with Gasteiger partial charge in [-0.2, -0.15) is 0 Å². The summed E-state index contributed by atoms with van der Waals surface area (Å²) in [7, 11) is -3.32. The number of rotatable bonds is 2. The van der Waals surface area contributed by atoms with E-state index in [1.165, 1.54) is 18.7 Å². The molecule has 0 spiro atoms. The van der Waals surface area contributed by atoms with Crippen LogP contribution in [-0.2, 0) is 10.0 Å². The van der Waals surface area contributed by atoms with Gasteiger partial charge in [0.05, 0.1) is 12.5 Å². The smallest absolute Gasteiger partial charge is 0.237 e. The second kappa shape index (κ2) is 2.98. The third-order valence-electron chi connectivity index (χ3n) is 1.71. The molecule has 0 radical (unpaired) electrons. The molecule has 0 fully saturated rings. The maximum atomic E-state index is 11.3. The van der Waals surface area contributed by atoms with Gasteiger partial charge in [0.2, 0.25) is 10.0 Å². The summed E-state index contributed by atoms with van der Waals surface area (Å²) >= 11 is 0. The summed E-state index contributed by atoms with van der Waals surface area (Å²) in [6.07, 6.45) is 5.38. The van der Waals surface area contributed by atoms with E-state index in [4.69, 9.17) is 4.42 Å². The number of nitrogens with zero attached hydrogens (tertiary/aromatic N) is 2. The van der Waals surface area contributed by atoms with Crippen molar-refractivity contribution < 1.29 is 12.8 Å². The predicted molar refractivity (Wildman–Crippen MR) is 50.2 cm³/mol. The molecule has 14 heavy (non-hydrogen) atoms. The highest BCUT2D eigenvalue weighted by molar-refractivity contribution is 7.89. The molecule has 0 bridgehead atoms. The molecule has 2 aromatic heterocycles. The van der Waals surface area contributed by atoms with Crippen LogP contribution in [0.1, 0.15) is 0 Å². The minimum Gasteiger partial charge on any atom is -0.461 e. The van der Waals surface area contributed by atoms with Crippen LogP contribution < -0.4 is 0 Å². The van der Waals surface area contributed by atoms with Crippen LogP contribution in [0, 0.1) is 0 Å². The zero-order valence-corrected chi connectivity index (χ0v) is 8.23. The minimum atomic E-state index is -3.32. The highest BCUT2D eigenvalue weighted by atomic mass is 32.2. The Hall–Kier alpha value is -1.56. The van der Waals surface area contributed by atoms with Crippen molar-refractivity contribution in [3.63, 3.8) is 0 Å². The number of hydrogen-bond donors (Lipinski definition) is 0. The zero-order valence-electron chi connectivity index (χ0n) is 7.41. The Bertz CT molecular complexity index is 525.